The number of halogens is 2. The van der Waals surface area contributed by atoms with Gasteiger partial charge in [-0.3, -0.25) is 9.69 Å². The van der Waals surface area contributed by atoms with Crippen LogP contribution in [0.2, 0.25) is 10.2 Å². The molecule has 0 saturated heterocycles. The number of hydrogen-bond donors (Lipinski definition) is 1. The Bertz CT molecular complexity index is 1130. The molecule has 0 unspecified atom stereocenters. The van der Waals surface area contributed by atoms with E-state index in [-0.39, 0.29) is 12.2 Å². The van der Waals surface area contributed by atoms with Gasteiger partial charge in [0.15, 0.2) is 5.78 Å². The van der Waals surface area contributed by atoms with E-state index in [1.807, 2.05) is 18.2 Å². The smallest absolute Gasteiger partial charge is 0.151 e. The first-order valence-electron chi connectivity index (χ1n) is 10.0. The van der Waals surface area contributed by atoms with E-state index in [1.54, 1.807) is 19.2 Å². The second-order valence-electron chi connectivity index (χ2n) is 7.64. The Morgan fingerprint density at radius 3 is 2.74 bits per heavy atom. The molecule has 2 heterocycles. The summed E-state index contributed by atoms with van der Waals surface area (Å²) in [7, 11) is 1.62. The van der Waals surface area contributed by atoms with Gasteiger partial charge in [-0.2, -0.15) is 0 Å². The Hall–Kier alpha value is -2.60. The van der Waals surface area contributed by atoms with Crippen molar-refractivity contribution in [3.8, 4) is 16.9 Å². The van der Waals surface area contributed by atoms with Crippen molar-refractivity contribution in [3.63, 3.8) is 0 Å². The zero-order valence-electron chi connectivity index (χ0n) is 17.2. The number of nitrogens with two attached hydrogens (primary N) is 1. The van der Waals surface area contributed by atoms with Gasteiger partial charge in [0, 0.05) is 30.6 Å². The maximum Gasteiger partial charge on any atom is 0.151 e. The summed E-state index contributed by atoms with van der Waals surface area (Å²) >= 11 is 12.4. The Labute approximate surface area is 191 Å². The van der Waals surface area contributed by atoms with Gasteiger partial charge >= 0.3 is 0 Å². The largest absolute Gasteiger partial charge is 0.497 e. The highest BCUT2D eigenvalue weighted by Gasteiger charge is 2.22. The molecule has 2 N–H and O–H groups in total. The first-order chi connectivity index (χ1) is 14.9. The maximum atomic E-state index is 12.7. The molecule has 0 spiro atoms. The van der Waals surface area contributed by atoms with E-state index in [0.717, 1.165) is 29.8 Å². The van der Waals surface area contributed by atoms with Crippen molar-refractivity contribution in [2.75, 3.05) is 25.9 Å². The Balaban J connectivity index is 1.52. The van der Waals surface area contributed by atoms with Gasteiger partial charge in [-0.25, -0.2) is 4.98 Å². The van der Waals surface area contributed by atoms with Crippen LogP contribution < -0.4 is 10.5 Å². The number of methoxy groups -OCH3 is 1. The number of aromatic nitrogens is 1. The van der Waals surface area contributed by atoms with E-state index in [2.05, 4.69) is 28.1 Å². The lowest BCUT2D eigenvalue weighted by molar-refractivity contribution is -0.119. The normalized spacial score (nSPS) is 13.6. The van der Waals surface area contributed by atoms with Crippen LogP contribution in [0.1, 0.15) is 16.7 Å². The standard InChI is InChI=1S/C24H23Cl2N3O2/c1-31-18-6-7-20(22(25)12-18)19-4-2-3-15-9-10-29(14-21(15)19)13-17(30)11-16-5-8-23(26)28-24(16)27/h2-8,12H,9-11,13-14H2,1H3,(H2,27,28). The van der Waals surface area contributed by atoms with Crippen LogP contribution in [0.15, 0.2) is 48.5 Å². The Morgan fingerprint density at radius 1 is 1.16 bits per heavy atom. The van der Waals surface area contributed by atoms with Crippen LogP contribution in [0, 0.1) is 0 Å². The van der Waals surface area contributed by atoms with Crippen LogP contribution in [0.3, 0.4) is 0 Å². The molecule has 1 aliphatic heterocycles. The third kappa shape index (κ3) is 4.85. The number of ether oxygens (including phenoxy) is 1. The number of benzene rings is 2. The molecule has 7 heteroatoms. The van der Waals surface area contributed by atoms with Gasteiger partial charge in [0.05, 0.1) is 18.7 Å². The molecule has 5 nitrogen and oxygen atoms in total. The zero-order valence-corrected chi connectivity index (χ0v) is 18.7. The van der Waals surface area contributed by atoms with Crippen LogP contribution >= 0.6 is 23.2 Å². The summed E-state index contributed by atoms with van der Waals surface area (Å²) in [6, 6.07) is 15.4. The van der Waals surface area contributed by atoms with Crippen LogP contribution in [0.4, 0.5) is 5.82 Å². The highest BCUT2D eigenvalue weighted by Crippen LogP contribution is 2.36. The maximum absolute atomic E-state index is 12.7. The van der Waals surface area contributed by atoms with E-state index in [4.69, 9.17) is 33.7 Å². The predicted molar refractivity (Wildman–Crippen MR) is 125 cm³/mol. The van der Waals surface area contributed by atoms with Gasteiger partial charge in [-0.1, -0.05) is 47.5 Å². The van der Waals surface area contributed by atoms with Gasteiger partial charge in [0.25, 0.3) is 0 Å². The highest BCUT2D eigenvalue weighted by molar-refractivity contribution is 6.33. The minimum Gasteiger partial charge on any atom is -0.497 e. The number of fused-ring (bicyclic) bond motifs is 1. The fourth-order valence-electron chi connectivity index (χ4n) is 4.01. The summed E-state index contributed by atoms with van der Waals surface area (Å²) in [5.41, 5.74) is 11.2. The molecule has 1 aliphatic rings. The molecule has 0 fully saturated rings. The second-order valence-corrected chi connectivity index (χ2v) is 8.44. The third-order valence-corrected chi connectivity index (χ3v) is 6.11. The van der Waals surface area contributed by atoms with Crippen molar-refractivity contribution < 1.29 is 9.53 Å². The van der Waals surface area contributed by atoms with Crippen LogP contribution in [-0.2, 0) is 24.2 Å². The second kappa shape index (κ2) is 9.27. The minimum absolute atomic E-state index is 0.0965. The quantitative estimate of drug-likeness (QED) is 0.539. The first-order valence-corrected chi connectivity index (χ1v) is 10.8. The number of anilines is 1. The van der Waals surface area contributed by atoms with Crippen molar-refractivity contribution in [2.45, 2.75) is 19.4 Å². The zero-order chi connectivity index (χ0) is 22.0. The first kappa shape index (κ1) is 21.6. The number of ketones is 1. The molecule has 0 aliphatic carbocycles. The molecule has 3 aromatic rings. The van der Waals surface area contributed by atoms with Crippen LogP contribution in [0.25, 0.3) is 11.1 Å². The number of nitrogens with zero attached hydrogens (tertiary/aromatic N) is 2. The fraction of sp³-hybridized carbons (Fsp3) is 0.250. The summed E-state index contributed by atoms with van der Waals surface area (Å²) in [6.45, 7) is 1.87. The van der Waals surface area contributed by atoms with Crippen molar-refractivity contribution in [3.05, 3.63) is 75.4 Å². The number of pyridine rings is 1. The molecule has 0 amide bonds. The molecular weight excluding hydrogens is 433 g/mol. The Kier molecular flexibility index (Phi) is 6.46. The van der Waals surface area contributed by atoms with Gasteiger partial charge in [0.2, 0.25) is 0 Å². The average Bonchev–Trinajstić information content (AvgIpc) is 2.75. The fourth-order valence-corrected chi connectivity index (χ4v) is 4.44. The van der Waals surface area contributed by atoms with Gasteiger partial charge in [-0.05, 0) is 47.4 Å². The van der Waals surface area contributed by atoms with Crippen molar-refractivity contribution in [2.24, 2.45) is 0 Å². The van der Waals surface area contributed by atoms with Crippen LogP contribution in [0.5, 0.6) is 5.75 Å². The molecule has 0 radical (unpaired) electrons. The SMILES string of the molecule is COc1ccc(-c2cccc3c2CN(CC(=O)Cc2ccc(Cl)nc2N)CC3)c(Cl)c1. The molecule has 0 saturated carbocycles. The summed E-state index contributed by atoms with van der Waals surface area (Å²) in [5, 5.41) is 0.970. The molecule has 160 valence electrons. The number of nitrogen functional groups attached to an aromatic ring is 1. The van der Waals surface area contributed by atoms with E-state index in [9.17, 15) is 4.79 Å². The summed E-state index contributed by atoms with van der Waals surface area (Å²) in [5.74, 6) is 1.13. The summed E-state index contributed by atoms with van der Waals surface area (Å²) in [6.07, 6.45) is 1.13. The topological polar surface area (TPSA) is 68.5 Å². The van der Waals surface area contributed by atoms with E-state index in [1.165, 1.54) is 11.1 Å². The lowest BCUT2D eigenvalue weighted by Crippen LogP contribution is -2.35. The molecular formula is C24H23Cl2N3O2. The highest BCUT2D eigenvalue weighted by atomic mass is 35.5. The lowest BCUT2D eigenvalue weighted by Gasteiger charge is -2.30. The van der Waals surface area contributed by atoms with E-state index in [0.29, 0.717) is 34.6 Å². The molecule has 4 rings (SSSR count). The number of hydrogen-bond acceptors (Lipinski definition) is 5. The van der Waals surface area contributed by atoms with Gasteiger partial charge in [0.1, 0.15) is 16.7 Å². The molecule has 31 heavy (non-hydrogen) atoms. The average molecular weight is 456 g/mol. The van der Waals surface area contributed by atoms with Crippen molar-refractivity contribution in [1.29, 1.82) is 0 Å². The molecule has 1 aromatic heterocycles. The van der Waals surface area contributed by atoms with Crippen molar-refractivity contribution in [1.82, 2.24) is 9.88 Å². The lowest BCUT2D eigenvalue weighted by atomic mass is 9.91. The summed E-state index contributed by atoms with van der Waals surface area (Å²) < 4.78 is 5.27. The molecule has 0 bridgehead atoms. The number of Topliss-reactive ketones (excluding diaryl/α,β-unsaturated/α-hetero) is 1. The van der Waals surface area contributed by atoms with E-state index >= 15 is 0 Å². The monoisotopic (exact) mass is 455 g/mol. The predicted octanol–water partition coefficient (Wildman–Crippen LogP) is 4.82. The van der Waals surface area contributed by atoms with Crippen LogP contribution in [-0.4, -0.2) is 35.9 Å². The third-order valence-electron chi connectivity index (χ3n) is 5.58. The summed E-state index contributed by atoms with van der Waals surface area (Å²) in [4.78, 5) is 18.9. The molecule has 0 atom stereocenters. The van der Waals surface area contributed by atoms with E-state index < -0.39 is 0 Å². The molecule has 2 aromatic carbocycles. The number of carbonyl (C=O) groups is 1. The Morgan fingerprint density at radius 2 is 2.00 bits per heavy atom. The van der Waals surface area contributed by atoms with Crippen molar-refractivity contribution >= 4 is 34.8 Å². The van der Waals surface area contributed by atoms with Gasteiger partial charge < -0.3 is 10.5 Å². The number of carbonyl (C=O) groups excluding carboxylic acids is 1. The minimum atomic E-state index is 0.0965. The number of rotatable bonds is 6. The van der Waals surface area contributed by atoms with Gasteiger partial charge in [-0.15, -0.1) is 0 Å².